The molecule has 4 aliphatic rings. The molecule has 9 aromatic carbocycles. The summed E-state index contributed by atoms with van der Waals surface area (Å²) < 4.78 is 0. The van der Waals surface area contributed by atoms with Crippen LogP contribution in [0.5, 0.6) is 0 Å². The molecule has 0 aliphatic heterocycles. The lowest BCUT2D eigenvalue weighted by Crippen LogP contribution is -2.08. The average Bonchev–Trinajstić information content (AvgIpc) is 4.09. The average molecular weight is 791 g/mol. The topological polar surface area (TPSA) is 0 Å². The van der Waals surface area contributed by atoms with Crippen LogP contribution in [0.25, 0.3) is 44.5 Å². The van der Waals surface area contributed by atoms with Gasteiger partial charge in [0, 0.05) is 0 Å². The van der Waals surface area contributed by atoms with Crippen molar-refractivity contribution < 1.29 is 0 Å². The van der Waals surface area contributed by atoms with Gasteiger partial charge in [-0.2, -0.15) is 0 Å². The van der Waals surface area contributed by atoms with E-state index in [1.807, 2.05) is 0 Å². The van der Waals surface area contributed by atoms with Crippen LogP contribution in [0.2, 0.25) is 0 Å². The van der Waals surface area contributed by atoms with E-state index in [2.05, 4.69) is 182 Å². The molecular weight excluding hydrogens is 745 g/mol. The highest BCUT2D eigenvalue weighted by molar-refractivity contribution is 5.81. The number of rotatable bonds is 8. The molecule has 0 heterocycles. The Balaban J connectivity index is 0.978. The smallest absolute Gasteiger partial charge is 0.00106 e. The molecule has 4 aliphatic carbocycles. The molecule has 13 rings (SSSR count). The fourth-order valence-electron chi connectivity index (χ4n) is 11.8. The molecule has 0 fully saturated rings. The molecule has 0 saturated carbocycles. The lowest BCUT2D eigenvalue weighted by atomic mass is 9.83. The Morgan fingerprint density at radius 1 is 0.210 bits per heavy atom. The van der Waals surface area contributed by atoms with Crippen LogP contribution in [-0.4, -0.2) is 0 Å². The molecule has 0 N–H and O–H groups in total. The van der Waals surface area contributed by atoms with Crippen LogP contribution in [0, 0.1) is 0 Å². The maximum atomic E-state index is 2.66. The zero-order valence-electron chi connectivity index (χ0n) is 35.0. The number of hydrogen-bond acceptors (Lipinski definition) is 0. The van der Waals surface area contributed by atoms with E-state index in [-0.39, 0.29) is 0 Å². The zero-order chi connectivity index (χ0) is 40.7. The van der Waals surface area contributed by atoms with Crippen molar-refractivity contribution in [1.82, 2.24) is 0 Å². The highest BCUT2D eigenvalue weighted by Gasteiger charge is 2.27. The van der Waals surface area contributed by atoms with E-state index in [0.29, 0.717) is 0 Å². The molecule has 9 aromatic rings. The summed E-state index contributed by atoms with van der Waals surface area (Å²) in [6.07, 6.45) is 7.70. The predicted octanol–water partition coefficient (Wildman–Crippen LogP) is 14.3. The molecule has 0 saturated heterocycles. The first-order valence-corrected chi connectivity index (χ1v) is 22.6. The van der Waals surface area contributed by atoms with Crippen molar-refractivity contribution >= 4 is 0 Å². The summed E-state index contributed by atoms with van der Waals surface area (Å²) in [4.78, 5) is 0. The summed E-state index contributed by atoms with van der Waals surface area (Å²) in [6.45, 7) is 0. The molecule has 0 radical (unpaired) electrons. The monoisotopic (exact) mass is 790 g/mol. The van der Waals surface area contributed by atoms with Gasteiger partial charge in [-0.25, -0.2) is 0 Å². The molecule has 0 aromatic heterocycles. The van der Waals surface area contributed by atoms with Crippen molar-refractivity contribution in [3.8, 4) is 44.5 Å². The van der Waals surface area contributed by atoms with Crippen LogP contribution >= 0.6 is 0 Å². The van der Waals surface area contributed by atoms with E-state index in [9.17, 15) is 0 Å². The Labute approximate surface area is 365 Å². The first kappa shape index (κ1) is 35.7. The van der Waals surface area contributed by atoms with E-state index in [1.54, 1.807) is 0 Å². The van der Waals surface area contributed by atoms with Gasteiger partial charge in [-0.15, -0.1) is 0 Å². The van der Waals surface area contributed by atoms with E-state index >= 15 is 0 Å². The third-order valence-electron chi connectivity index (χ3n) is 14.8. The first-order chi connectivity index (χ1) is 30.7. The van der Waals surface area contributed by atoms with E-state index in [4.69, 9.17) is 0 Å². The second kappa shape index (κ2) is 14.3. The van der Waals surface area contributed by atoms with Crippen LogP contribution in [0.1, 0.15) is 89.0 Å². The minimum Gasteiger partial charge on any atom is -0.0619 e. The summed E-state index contributed by atoms with van der Waals surface area (Å²) in [5, 5.41) is 0. The molecular formula is C62H46. The maximum Gasteiger partial charge on any atom is -0.00106 e. The van der Waals surface area contributed by atoms with Gasteiger partial charge in [0.25, 0.3) is 0 Å². The Bertz CT molecular complexity index is 2860. The van der Waals surface area contributed by atoms with Crippen molar-refractivity contribution in [3.63, 3.8) is 0 Å². The summed E-state index contributed by atoms with van der Waals surface area (Å²) in [7, 11) is 0. The van der Waals surface area contributed by atoms with Crippen LogP contribution < -0.4 is 0 Å². The number of hydrogen-bond donors (Lipinski definition) is 0. The van der Waals surface area contributed by atoms with Crippen LogP contribution in [0.3, 0.4) is 0 Å². The highest BCUT2D eigenvalue weighted by atomic mass is 14.3. The lowest BCUT2D eigenvalue weighted by Gasteiger charge is -2.21. The fourth-order valence-corrected chi connectivity index (χ4v) is 11.8. The Hall–Kier alpha value is -7.02. The summed E-state index contributed by atoms with van der Waals surface area (Å²) in [5.74, 6) is 0. The number of benzene rings is 9. The highest BCUT2D eigenvalue weighted by Crippen LogP contribution is 2.44. The molecule has 62 heavy (non-hydrogen) atoms. The molecule has 0 atom stereocenters. The van der Waals surface area contributed by atoms with Gasteiger partial charge in [0.1, 0.15) is 0 Å². The summed E-state index contributed by atoms with van der Waals surface area (Å²) in [5.41, 5.74) is 34.7. The van der Waals surface area contributed by atoms with E-state index in [1.165, 1.54) is 134 Å². The van der Waals surface area contributed by atoms with Gasteiger partial charge in [0.05, 0.1) is 0 Å². The third-order valence-corrected chi connectivity index (χ3v) is 14.8. The van der Waals surface area contributed by atoms with Gasteiger partial charge in [-0.1, -0.05) is 182 Å². The molecule has 0 spiro atoms. The normalized spacial score (nSPS) is 13.2. The van der Waals surface area contributed by atoms with Gasteiger partial charge < -0.3 is 0 Å². The van der Waals surface area contributed by atoms with Gasteiger partial charge in [-0.05, 0) is 185 Å². The summed E-state index contributed by atoms with van der Waals surface area (Å²) >= 11 is 0. The second-order valence-corrected chi connectivity index (χ2v) is 18.2. The Morgan fingerprint density at radius 3 is 0.694 bits per heavy atom. The fraction of sp³-hybridized carbons (Fsp3) is 0.129. The SMILES string of the molecule is c1ccc2c(c1)Cc1c(Cc3cc(Cc4cccc5c4Cc4ccccc4-5)c(Cc4cccc5c4Cc4ccccc4-5)cc3Cc3cccc4c3Cc3ccccc3-4)cccc1-2. The third kappa shape index (κ3) is 5.81. The standard InChI is InChI=1S/C62H46/c1-5-21-51-43(13-1)35-59-39(17-9-25-55(51)59)29-47-33-49(31-41-19-11-27-57-53-23-7-3-15-45(53)37-61(41)57)50(32-42-20-12-28-58-54-24-8-4-16-46(54)38-62(42)58)34-48(47)30-40-18-10-26-56-52-22-6-2-14-44(52)36-60(40)56/h1-28,33-34H,29-32,35-38H2. The minimum absolute atomic E-state index is 0.920. The van der Waals surface area contributed by atoms with Crippen molar-refractivity contribution in [2.75, 3.05) is 0 Å². The van der Waals surface area contributed by atoms with E-state index < -0.39 is 0 Å². The molecule has 294 valence electrons. The summed E-state index contributed by atoms with van der Waals surface area (Å²) in [6, 6.07) is 69.6. The zero-order valence-corrected chi connectivity index (χ0v) is 35.0. The lowest BCUT2D eigenvalue weighted by molar-refractivity contribution is 0.997. The van der Waals surface area contributed by atoms with Crippen LogP contribution in [-0.2, 0) is 51.4 Å². The molecule has 0 unspecified atom stereocenters. The quantitative estimate of drug-likeness (QED) is 0.144. The largest absolute Gasteiger partial charge is 0.0619 e. The molecule has 0 heteroatoms. The van der Waals surface area contributed by atoms with Crippen molar-refractivity contribution in [2.24, 2.45) is 0 Å². The molecule has 0 amide bonds. The van der Waals surface area contributed by atoms with Crippen molar-refractivity contribution in [2.45, 2.75) is 51.4 Å². The van der Waals surface area contributed by atoms with Crippen molar-refractivity contribution in [3.05, 3.63) is 271 Å². The second-order valence-electron chi connectivity index (χ2n) is 18.2. The van der Waals surface area contributed by atoms with Crippen molar-refractivity contribution in [1.29, 1.82) is 0 Å². The Morgan fingerprint density at radius 2 is 0.435 bits per heavy atom. The minimum atomic E-state index is 0.920. The first-order valence-electron chi connectivity index (χ1n) is 22.6. The van der Waals surface area contributed by atoms with Gasteiger partial charge in [0.15, 0.2) is 0 Å². The molecule has 0 nitrogen and oxygen atoms in total. The molecule has 0 bridgehead atoms. The Kier molecular flexibility index (Phi) is 8.23. The maximum absolute atomic E-state index is 2.66. The van der Waals surface area contributed by atoms with Crippen LogP contribution in [0.4, 0.5) is 0 Å². The van der Waals surface area contributed by atoms with Crippen LogP contribution in [0.15, 0.2) is 182 Å². The number of fused-ring (bicyclic) bond motifs is 12. The van der Waals surface area contributed by atoms with E-state index in [0.717, 1.165) is 51.4 Å². The predicted molar refractivity (Wildman–Crippen MR) is 256 cm³/mol. The van der Waals surface area contributed by atoms with Gasteiger partial charge in [-0.3, -0.25) is 0 Å². The van der Waals surface area contributed by atoms with Gasteiger partial charge in [0.2, 0.25) is 0 Å². The van der Waals surface area contributed by atoms with Gasteiger partial charge >= 0.3 is 0 Å².